The van der Waals surface area contributed by atoms with Crippen molar-refractivity contribution in [1.29, 1.82) is 0 Å². The van der Waals surface area contributed by atoms with Crippen LogP contribution in [0, 0.1) is 0 Å². The molecule has 0 saturated carbocycles. The molecule has 0 bridgehead atoms. The normalized spacial score (nSPS) is 14.5. The molecule has 0 aliphatic carbocycles. The van der Waals surface area contributed by atoms with E-state index < -0.39 is 0 Å². The van der Waals surface area contributed by atoms with Crippen molar-refractivity contribution in [2.24, 2.45) is 0 Å². The van der Waals surface area contributed by atoms with Crippen LogP contribution in [0.25, 0.3) is 0 Å². The number of hydrogen-bond acceptors (Lipinski definition) is 5. The van der Waals surface area contributed by atoms with Gasteiger partial charge in [0.15, 0.2) is 5.82 Å². The zero-order valence-electron chi connectivity index (χ0n) is 12.3. The Kier molecular flexibility index (Phi) is 4.87. The van der Waals surface area contributed by atoms with Crippen molar-refractivity contribution in [3.63, 3.8) is 0 Å². The molecule has 0 aromatic carbocycles. The number of nitrogens with zero attached hydrogens (tertiary/aromatic N) is 3. The summed E-state index contributed by atoms with van der Waals surface area (Å²) in [6.07, 6.45) is -0.360. The highest BCUT2D eigenvalue weighted by Crippen LogP contribution is 2.20. The van der Waals surface area contributed by atoms with Crippen LogP contribution in [0.3, 0.4) is 0 Å². The van der Waals surface area contributed by atoms with Crippen molar-refractivity contribution >= 4 is 0 Å². The fraction of sp³-hybridized carbons (Fsp3) is 0.846. The van der Waals surface area contributed by atoms with E-state index in [1.807, 2.05) is 20.8 Å². The second-order valence-electron chi connectivity index (χ2n) is 6.14. The third-order valence-corrected chi connectivity index (χ3v) is 2.68. The van der Waals surface area contributed by atoms with Gasteiger partial charge in [-0.3, -0.25) is 4.90 Å². The molecule has 0 aliphatic heterocycles. The van der Waals surface area contributed by atoms with Crippen molar-refractivity contribution in [1.82, 2.24) is 15.0 Å². The highest BCUT2D eigenvalue weighted by Gasteiger charge is 2.23. The Hall–Kier alpha value is -0.940. The third-order valence-electron chi connectivity index (χ3n) is 2.68. The zero-order chi connectivity index (χ0) is 13.9. The lowest BCUT2D eigenvalue weighted by Crippen LogP contribution is -2.36. The molecule has 1 atom stereocenters. The number of aromatic nitrogens is 2. The van der Waals surface area contributed by atoms with E-state index in [0.29, 0.717) is 30.8 Å². The topological polar surface area (TPSA) is 62.4 Å². The summed E-state index contributed by atoms with van der Waals surface area (Å²) in [5.41, 5.74) is -0.127. The molecule has 18 heavy (non-hydrogen) atoms. The van der Waals surface area contributed by atoms with Gasteiger partial charge in [-0.1, -0.05) is 25.9 Å². The Morgan fingerprint density at radius 3 is 2.28 bits per heavy atom. The minimum atomic E-state index is -0.360. The van der Waals surface area contributed by atoms with E-state index in [4.69, 9.17) is 4.52 Å². The van der Waals surface area contributed by atoms with Crippen LogP contribution in [0.5, 0.6) is 0 Å². The molecular weight excluding hydrogens is 230 g/mol. The maximum absolute atomic E-state index is 9.48. The predicted octanol–water partition coefficient (Wildman–Crippen LogP) is 1.96. The molecule has 1 aromatic heterocycles. The lowest BCUT2D eigenvalue weighted by Gasteiger charge is -2.26. The molecule has 1 heterocycles. The summed E-state index contributed by atoms with van der Waals surface area (Å²) in [6, 6.07) is 0.330. The molecule has 0 spiro atoms. The summed E-state index contributed by atoms with van der Waals surface area (Å²) in [7, 11) is 0. The second-order valence-corrected chi connectivity index (χ2v) is 6.14. The minimum Gasteiger partial charge on any atom is -0.392 e. The SMILES string of the molecule is CC(O)CN(Cc1noc(C(C)(C)C)n1)C(C)C. The Morgan fingerprint density at radius 1 is 1.28 bits per heavy atom. The first kappa shape index (κ1) is 15.1. The highest BCUT2D eigenvalue weighted by atomic mass is 16.5. The Bertz CT molecular complexity index is 367. The maximum Gasteiger partial charge on any atom is 0.232 e. The van der Waals surface area contributed by atoms with Gasteiger partial charge in [0, 0.05) is 18.0 Å². The van der Waals surface area contributed by atoms with E-state index in [2.05, 4.69) is 28.9 Å². The van der Waals surface area contributed by atoms with Crippen LogP contribution in [-0.2, 0) is 12.0 Å². The predicted molar refractivity (Wildman–Crippen MR) is 70.2 cm³/mol. The van der Waals surface area contributed by atoms with Gasteiger partial charge < -0.3 is 9.63 Å². The van der Waals surface area contributed by atoms with Gasteiger partial charge in [0.05, 0.1) is 12.6 Å². The van der Waals surface area contributed by atoms with E-state index in [1.165, 1.54) is 0 Å². The molecule has 1 N–H and O–H groups in total. The zero-order valence-corrected chi connectivity index (χ0v) is 12.3. The summed E-state index contributed by atoms with van der Waals surface area (Å²) in [6.45, 7) is 13.3. The molecule has 0 saturated heterocycles. The van der Waals surface area contributed by atoms with Crippen molar-refractivity contribution in [2.45, 2.75) is 65.6 Å². The minimum absolute atomic E-state index is 0.127. The molecular formula is C13H25N3O2. The molecule has 1 rings (SSSR count). The van der Waals surface area contributed by atoms with Gasteiger partial charge >= 0.3 is 0 Å². The number of aliphatic hydroxyl groups is 1. The number of rotatable bonds is 5. The molecule has 0 radical (unpaired) electrons. The van der Waals surface area contributed by atoms with E-state index in [1.54, 1.807) is 6.92 Å². The maximum atomic E-state index is 9.48. The molecule has 0 amide bonds. The Morgan fingerprint density at radius 2 is 1.89 bits per heavy atom. The monoisotopic (exact) mass is 255 g/mol. The van der Waals surface area contributed by atoms with Gasteiger partial charge in [0.1, 0.15) is 0 Å². The van der Waals surface area contributed by atoms with Crippen LogP contribution in [0.1, 0.15) is 53.3 Å². The number of aliphatic hydroxyl groups excluding tert-OH is 1. The molecule has 1 aromatic rings. The van der Waals surface area contributed by atoms with E-state index >= 15 is 0 Å². The smallest absolute Gasteiger partial charge is 0.232 e. The second kappa shape index (κ2) is 5.80. The van der Waals surface area contributed by atoms with Gasteiger partial charge in [-0.2, -0.15) is 4.98 Å². The van der Waals surface area contributed by atoms with Gasteiger partial charge in [0.2, 0.25) is 5.89 Å². The van der Waals surface area contributed by atoms with E-state index in [0.717, 1.165) is 0 Å². The fourth-order valence-corrected chi connectivity index (χ4v) is 1.60. The summed E-state index contributed by atoms with van der Waals surface area (Å²) in [5.74, 6) is 1.33. The van der Waals surface area contributed by atoms with Gasteiger partial charge in [-0.15, -0.1) is 0 Å². The molecule has 0 aliphatic rings. The van der Waals surface area contributed by atoms with Gasteiger partial charge in [0.25, 0.3) is 0 Å². The van der Waals surface area contributed by atoms with Crippen LogP contribution < -0.4 is 0 Å². The standard InChI is InChI=1S/C13H25N3O2/c1-9(2)16(7-10(3)17)8-11-14-12(18-15-11)13(4,5)6/h9-10,17H,7-8H2,1-6H3. The average Bonchev–Trinajstić information content (AvgIpc) is 2.63. The van der Waals surface area contributed by atoms with Crippen LogP contribution in [0.2, 0.25) is 0 Å². The summed E-state index contributed by atoms with van der Waals surface area (Å²) >= 11 is 0. The van der Waals surface area contributed by atoms with Crippen LogP contribution >= 0.6 is 0 Å². The Labute approximate surface area is 109 Å². The highest BCUT2D eigenvalue weighted by molar-refractivity contribution is 4.98. The van der Waals surface area contributed by atoms with Crippen molar-refractivity contribution in [3.8, 4) is 0 Å². The van der Waals surface area contributed by atoms with Crippen molar-refractivity contribution < 1.29 is 9.63 Å². The Balaban J connectivity index is 2.73. The first-order valence-electron chi connectivity index (χ1n) is 6.45. The molecule has 5 heteroatoms. The van der Waals surface area contributed by atoms with Crippen molar-refractivity contribution in [2.75, 3.05) is 6.54 Å². The lowest BCUT2D eigenvalue weighted by molar-refractivity contribution is 0.100. The van der Waals surface area contributed by atoms with Crippen LogP contribution in [0.15, 0.2) is 4.52 Å². The average molecular weight is 255 g/mol. The quantitative estimate of drug-likeness (QED) is 0.871. The summed E-state index contributed by atoms with van der Waals surface area (Å²) in [5, 5.41) is 13.5. The van der Waals surface area contributed by atoms with Crippen molar-refractivity contribution in [3.05, 3.63) is 11.7 Å². The number of hydrogen-bond donors (Lipinski definition) is 1. The third kappa shape index (κ3) is 4.38. The first-order valence-corrected chi connectivity index (χ1v) is 6.45. The van der Waals surface area contributed by atoms with Gasteiger partial charge in [-0.25, -0.2) is 0 Å². The largest absolute Gasteiger partial charge is 0.392 e. The van der Waals surface area contributed by atoms with Crippen LogP contribution in [0.4, 0.5) is 0 Å². The van der Waals surface area contributed by atoms with Gasteiger partial charge in [-0.05, 0) is 20.8 Å². The fourth-order valence-electron chi connectivity index (χ4n) is 1.60. The van der Waals surface area contributed by atoms with Crippen LogP contribution in [-0.4, -0.2) is 38.8 Å². The van der Waals surface area contributed by atoms with E-state index in [-0.39, 0.29) is 11.5 Å². The molecule has 104 valence electrons. The van der Waals surface area contributed by atoms with E-state index in [9.17, 15) is 5.11 Å². The molecule has 0 fully saturated rings. The summed E-state index contributed by atoms with van der Waals surface area (Å²) in [4.78, 5) is 6.54. The first-order chi connectivity index (χ1) is 8.20. The lowest BCUT2D eigenvalue weighted by atomic mass is 9.97. The summed E-state index contributed by atoms with van der Waals surface area (Å²) < 4.78 is 5.26. The molecule has 1 unspecified atom stereocenters. The molecule has 5 nitrogen and oxygen atoms in total.